The predicted molar refractivity (Wildman–Crippen MR) is 103 cm³/mol. The zero-order chi connectivity index (χ0) is 14.4. The number of aryl methyl sites for hydroxylation is 2. The van der Waals surface area contributed by atoms with Crippen molar-refractivity contribution in [2.75, 3.05) is 7.05 Å². The van der Waals surface area contributed by atoms with Crippen LogP contribution in [0.5, 0.6) is 0 Å². The van der Waals surface area contributed by atoms with E-state index in [1.165, 1.54) is 14.6 Å². The van der Waals surface area contributed by atoms with Crippen LogP contribution in [-0.2, 0) is 19.5 Å². The molecule has 2 aromatic heterocycles. The summed E-state index contributed by atoms with van der Waals surface area (Å²) in [5.41, 5.74) is 0. The first kappa shape index (κ1) is 18.4. The summed E-state index contributed by atoms with van der Waals surface area (Å²) in [6.45, 7) is 5.76. The highest BCUT2D eigenvalue weighted by molar-refractivity contribution is 14.0. The Morgan fingerprint density at radius 1 is 1.19 bits per heavy atom. The highest BCUT2D eigenvalue weighted by Crippen LogP contribution is 2.16. The lowest BCUT2D eigenvalue weighted by atomic mass is 10.4. The molecule has 0 aliphatic rings. The summed E-state index contributed by atoms with van der Waals surface area (Å²) >= 11 is 3.55. The SMILES string of the molecule is CCc1ccc(CNC(=NC)NCc2ncc(C)s2)s1.I. The van der Waals surface area contributed by atoms with Crippen LogP contribution in [0.25, 0.3) is 0 Å². The molecule has 2 heterocycles. The van der Waals surface area contributed by atoms with Gasteiger partial charge in [0.05, 0.1) is 13.1 Å². The zero-order valence-electron chi connectivity index (χ0n) is 12.5. The van der Waals surface area contributed by atoms with E-state index >= 15 is 0 Å². The molecular weight excluding hydrogens is 415 g/mol. The number of aliphatic imine (C=N–C) groups is 1. The van der Waals surface area contributed by atoms with Gasteiger partial charge in [0, 0.05) is 27.9 Å². The second kappa shape index (κ2) is 9.37. The maximum Gasteiger partial charge on any atom is 0.191 e. The number of rotatable bonds is 5. The maximum atomic E-state index is 4.33. The maximum absolute atomic E-state index is 4.33. The fourth-order valence-corrected chi connectivity index (χ4v) is 3.37. The molecule has 0 amide bonds. The van der Waals surface area contributed by atoms with Crippen LogP contribution in [0.3, 0.4) is 0 Å². The highest BCUT2D eigenvalue weighted by atomic mass is 127. The molecule has 0 bridgehead atoms. The van der Waals surface area contributed by atoms with E-state index < -0.39 is 0 Å². The summed E-state index contributed by atoms with van der Waals surface area (Å²) in [6, 6.07) is 4.37. The van der Waals surface area contributed by atoms with Crippen LogP contribution in [0, 0.1) is 6.92 Å². The average Bonchev–Trinajstić information content (AvgIpc) is 3.08. The summed E-state index contributed by atoms with van der Waals surface area (Å²) in [7, 11) is 1.79. The first-order valence-electron chi connectivity index (χ1n) is 6.64. The minimum Gasteiger partial charge on any atom is -0.352 e. The summed E-state index contributed by atoms with van der Waals surface area (Å²) < 4.78 is 0. The van der Waals surface area contributed by atoms with Gasteiger partial charge in [-0.25, -0.2) is 4.98 Å². The molecule has 116 valence electrons. The van der Waals surface area contributed by atoms with Crippen molar-refractivity contribution >= 4 is 52.6 Å². The molecule has 2 N–H and O–H groups in total. The Bertz CT molecular complexity index is 577. The molecule has 0 spiro atoms. The molecule has 7 heteroatoms. The van der Waals surface area contributed by atoms with Gasteiger partial charge < -0.3 is 10.6 Å². The van der Waals surface area contributed by atoms with Crippen molar-refractivity contribution in [3.63, 3.8) is 0 Å². The van der Waals surface area contributed by atoms with Crippen LogP contribution in [0.1, 0.15) is 26.6 Å². The third-order valence-electron chi connectivity index (χ3n) is 2.80. The third-order valence-corrected chi connectivity index (χ3v) is 4.94. The monoisotopic (exact) mass is 436 g/mol. The van der Waals surface area contributed by atoms with Gasteiger partial charge in [0.25, 0.3) is 0 Å². The van der Waals surface area contributed by atoms with Crippen molar-refractivity contribution in [2.24, 2.45) is 4.99 Å². The fourth-order valence-electron chi connectivity index (χ4n) is 1.74. The fraction of sp³-hybridized carbons (Fsp3) is 0.429. The van der Waals surface area contributed by atoms with Crippen molar-refractivity contribution < 1.29 is 0 Å². The first-order valence-corrected chi connectivity index (χ1v) is 8.28. The first-order chi connectivity index (χ1) is 9.71. The number of aromatic nitrogens is 1. The molecule has 0 saturated carbocycles. The van der Waals surface area contributed by atoms with E-state index in [2.05, 4.69) is 46.6 Å². The second-order valence-electron chi connectivity index (χ2n) is 4.37. The Labute approximate surface area is 151 Å². The van der Waals surface area contributed by atoms with E-state index in [0.717, 1.165) is 23.9 Å². The molecule has 4 nitrogen and oxygen atoms in total. The van der Waals surface area contributed by atoms with Gasteiger partial charge in [-0.1, -0.05) is 6.92 Å². The minimum absolute atomic E-state index is 0. The van der Waals surface area contributed by atoms with Crippen LogP contribution >= 0.6 is 46.7 Å². The number of guanidine groups is 1. The number of thiophene rings is 1. The molecule has 0 aliphatic heterocycles. The number of nitrogens with one attached hydrogen (secondary N) is 2. The Morgan fingerprint density at radius 3 is 2.48 bits per heavy atom. The van der Waals surface area contributed by atoms with Crippen LogP contribution in [0.2, 0.25) is 0 Å². The second-order valence-corrected chi connectivity index (χ2v) is 6.94. The molecular formula is C14H21IN4S2. The predicted octanol–water partition coefficient (Wildman–Crippen LogP) is 3.56. The molecule has 2 rings (SSSR count). The lowest BCUT2D eigenvalue weighted by Crippen LogP contribution is -2.36. The Morgan fingerprint density at radius 2 is 1.90 bits per heavy atom. The van der Waals surface area contributed by atoms with E-state index in [1.807, 2.05) is 17.5 Å². The van der Waals surface area contributed by atoms with Crippen LogP contribution in [0.15, 0.2) is 23.3 Å². The van der Waals surface area contributed by atoms with Gasteiger partial charge in [-0.05, 0) is 25.5 Å². The third kappa shape index (κ3) is 5.91. The van der Waals surface area contributed by atoms with Gasteiger partial charge in [0.15, 0.2) is 5.96 Å². The molecule has 0 aromatic carbocycles. The van der Waals surface area contributed by atoms with Crippen molar-refractivity contribution in [1.82, 2.24) is 15.6 Å². The van der Waals surface area contributed by atoms with E-state index in [9.17, 15) is 0 Å². The molecule has 21 heavy (non-hydrogen) atoms. The molecule has 0 unspecified atom stereocenters. The van der Waals surface area contributed by atoms with Crippen LogP contribution < -0.4 is 10.6 Å². The summed E-state index contributed by atoms with van der Waals surface area (Å²) in [4.78, 5) is 12.5. The number of hydrogen-bond donors (Lipinski definition) is 2. The zero-order valence-corrected chi connectivity index (χ0v) is 16.4. The Kier molecular flexibility index (Phi) is 8.20. The molecule has 0 aliphatic carbocycles. The smallest absolute Gasteiger partial charge is 0.191 e. The van der Waals surface area contributed by atoms with Crippen molar-refractivity contribution in [1.29, 1.82) is 0 Å². The number of nitrogens with zero attached hydrogens (tertiary/aromatic N) is 2. The minimum atomic E-state index is 0. The topological polar surface area (TPSA) is 49.3 Å². The quantitative estimate of drug-likeness (QED) is 0.428. The number of thiazole rings is 1. The number of halogens is 1. The van der Waals surface area contributed by atoms with Crippen LogP contribution in [0.4, 0.5) is 0 Å². The largest absolute Gasteiger partial charge is 0.352 e. The molecule has 2 aromatic rings. The lowest BCUT2D eigenvalue weighted by molar-refractivity contribution is 0.811. The van der Waals surface area contributed by atoms with Gasteiger partial charge in [-0.3, -0.25) is 4.99 Å². The van der Waals surface area contributed by atoms with Crippen molar-refractivity contribution in [3.8, 4) is 0 Å². The normalized spacial score (nSPS) is 11.1. The molecule has 0 atom stereocenters. The number of hydrogen-bond acceptors (Lipinski definition) is 4. The van der Waals surface area contributed by atoms with E-state index in [4.69, 9.17) is 0 Å². The average molecular weight is 436 g/mol. The van der Waals surface area contributed by atoms with Crippen molar-refractivity contribution in [2.45, 2.75) is 33.4 Å². The summed E-state index contributed by atoms with van der Waals surface area (Å²) in [6.07, 6.45) is 3.00. The summed E-state index contributed by atoms with van der Waals surface area (Å²) in [5, 5.41) is 7.69. The summed E-state index contributed by atoms with van der Waals surface area (Å²) in [5.74, 6) is 0.810. The van der Waals surface area contributed by atoms with E-state index in [0.29, 0.717) is 6.54 Å². The lowest BCUT2D eigenvalue weighted by Gasteiger charge is -2.09. The Balaban J connectivity index is 0.00000220. The van der Waals surface area contributed by atoms with E-state index in [1.54, 1.807) is 18.4 Å². The Hall–Kier alpha value is -0.670. The molecule has 0 fully saturated rings. The standard InChI is InChI=1S/C14H20N4S2.HI/c1-4-11-5-6-12(20-11)8-17-14(15-3)18-9-13-16-7-10(2)19-13;/h5-7H,4,8-9H2,1-3H3,(H2,15,17,18);1H. The van der Waals surface area contributed by atoms with Gasteiger partial charge in [-0.2, -0.15) is 0 Å². The van der Waals surface area contributed by atoms with E-state index in [-0.39, 0.29) is 24.0 Å². The molecule has 0 saturated heterocycles. The van der Waals surface area contributed by atoms with Crippen molar-refractivity contribution in [3.05, 3.63) is 38.0 Å². The van der Waals surface area contributed by atoms with Gasteiger partial charge in [0.1, 0.15) is 5.01 Å². The van der Waals surface area contributed by atoms with Gasteiger partial charge in [0.2, 0.25) is 0 Å². The van der Waals surface area contributed by atoms with Crippen LogP contribution in [-0.4, -0.2) is 18.0 Å². The van der Waals surface area contributed by atoms with Gasteiger partial charge >= 0.3 is 0 Å². The highest BCUT2D eigenvalue weighted by Gasteiger charge is 2.03. The molecule has 0 radical (unpaired) electrons. The van der Waals surface area contributed by atoms with Gasteiger partial charge in [-0.15, -0.1) is 46.7 Å².